The molecule has 2 heterocycles. The first kappa shape index (κ1) is 16.0. The third kappa shape index (κ3) is 3.24. The molecule has 1 saturated heterocycles. The normalized spacial score (nSPS) is 14.6. The second-order valence-corrected chi connectivity index (χ2v) is 5.42. The summed E-state index contributed by atoms with van der Waals surface area (Å²) in [6.07, 6.45) is 1.55. The Balaban J connectivity index is 1.64. The highest BCUT2D eigenvalue weighted by Crippen LogP contribution is 2.15. The Morgan fingerprint density at radius 2 is 1.58 bits per heavy atom. The minimum Gasteiger partial charge on any atom is -0.335 e. The van der Waals surface area contributed by atoms with E-state index in [9.17, 15) is 18.4 Å². The number of piperazine rings is 1. The van der Waals surface area contributed by atoms with Crippen molar-refractivity contribution in [2.24, 2.45) is 0 Å². The molecule has 5 nitrogen and oxygen atoms in total. The lowest BCUT2D eigenvalue weighted by atomic mass is 10.1. The SMILES string of the molecule is O=C(c1ccccn1)N1CCN(C(=O)c2ccc(F)cc2F)CC1. The van der Waals surface area contributed by atoms with Crippen molar-refractivity contribution < 1.29 is 18.4 Å². The van der Waals surface area contributed by atoms with Crippen molar-refractivity contribution in [1.29, 1.82) is 0 Å². The molecule has 1 aliphatic rings. The third-order valence-corrected chi connectivity index (χ3v) is 3.90. The van der Waals surface area contributed by atoms with Gasteiger partial charge in [0.25, 0.3) is 11.8 Å². The highest BCUT2D eigenvalue weighted by Gasteiger charge is 2.27. The van der Waals surface area contributed by atoms with Crippen molar-refractivity contribution >= 4 is 11.8 Å². The predicted octanol–water partition coefficient (Wildman–Crippen LogP) is 1.96. The molecule has 124 valence electrons. The number of carbonyl (C=O) groups excluding carboxylic acids is 2. The lowest BCUT2D eigenvalue weighted by Gasteiger charge is -2.34. The molecule has 1 aromatic carbocycles. The summed E-state index contributed by atoms with van der Waals surface area (Å²) in [7, 11) is 0. The van der Waals surface area contributed by atoms with Gasteiger partial charge >= 0.3 is 0 Å². The predicted molar refractivity (Wildman–Crippen MR) is 82.4 cm³/mol. The van der Waals surface area contributed by atoms with Gasteiger partial charge in [-0.1, -0.05) is 6.07 Å². The maximum atomic E-state index is 13.7. The van der Waals surface area contributed by atoms with Gasteiger partial charge in [0.15, 0.2) is 0 Å². The molecule has 0 spiro atoms. The zero-order chi connectivity index (χ0) is 17.1. The Morgan fingerprint density at radius 1 is 0.917 bits per heavy atom. The van der Waals surface area contributed by atoms with E-state index in [2.05, 4.69) is 4.98 Å². The van der Waals surface area contributed by atoms with Gasteiger partial charge in [0.2, 0.25) is 0 Å². The van der Waals surface area contributed by atoms with Crippen LogP contribution in [0.1, 0.15) is 20.8 Å². The monoisotopic (exact) mass is 331 g/mol. The number of benzene rings is 1. The molecule has 2 amide bonds. The molecule has 0 unspecified atom stereocenters. The maximum absolute atomic E-state index is 13.7. The first-order valence-electron chi connectivity index (χ1n) is 7.51. The largest absolute Gasteiger partial charge is 0.335 e. The summed E-state index contributed by atoms with van der Waals surface area (Å²) in [5, 5.41) is 0. The van der Waals surface area contributed by atoms with Crippen LogP contribution in [0.5, 0.6) is 0 Å². The smallest absolute Gasteiger partial charge is 0.272 e. The molecule has 0 radical (unpaired) electrons. The van der Waals surface area contributed by atoms with Crippen LogP contribution in [-0.4, -0.2) is 52.8 Å². The van der Waals surface area contributed by atoms with Gasteiger partial charge in [-0.15, -0.1) is 0 Å². The van der Waals surface area contributed by atoms with Crippen LogP contribution < -0.4 is 0 Å². The highest BCUT2D eigenvalue weighted by molar-refractivity contribution is 5.95. The molecule has 1 fully saturated rings. The minimum atomic E-state index is -0.882. The summed E-state index contributed by atoms with van der Waals surface area (Å²) in [6, 6.07) is 7.97. The summed E-state index contributed by atoms with van der Waals surface area (Å²) in [6.45, 7) is 1.25. The molecular weight excluding hydrogens is 316 g/mol. The first-order valence-corrected chi connectivity index (χ1v) is 7.51. The fraction of sp³-hybridized carbons (Fsp3) is 0.235. The summed E-state index contributed by atoms with van der Waals surface area (Å²) in [5.74, 6) is -2.31. The molecule has 7 heteroatoms. The van der Waals surface area contributed by atoms with E-state index >= 15 is 0 Å². The van der Waals surface area contributed by atoms with E-state index in [0.29, 0.717) is 24.8 Å². The van der Waals surface area contributed by atoms with E-state index in [0.717, 1.165) is 12.1 Å². The van der Waals surface area contributed by atoms with E-state index in [1.807, 2.05) is 0 Å². The fourth-order valence-electron chi connectivity index (χ4n) is 2.60. The second-order valence-electron chi connectivity index (χ2n) is 5.42. The van der Waals surface area contributed by atoms with Crippen molar-refractivity contribution in [1.82, 2.24) is 14.8 Å². The number of hydrogen-bond acceptors (Lipinski definition) is 3. The highest BCUT2D eigenvalue weighted by atomic mass is 19.1. The van der Waals surface area contributed by atoms with Gasteiger partial charge in [-0.25, -0.2) is 8.78 Å². The van der Waals surface area contributed by atoms with Gasteiger partial charge in [-0.2, -0.15) is 0 Å². The van der Waals surface area contributed by atoms with Gasteiger partial charge in [0.05, 0.1) is 5.56 Å². The topological polar surface area (TPSA) is 53.5 Å². The minimum absolute atomic E-state index is 0.166. The Bertz CT molecular complexity index is 760. The zero-order valence-electron chi connectivity index (χ0n) is 12.8. The van der Waals surface area contributed by atoms with Gasteiger partial charge in [0.1, 0.15) is 17.3 Å². The van der Waals surface area contributed by atoms with Crippen LogP contribution in [-0.2, 0) is 0 Å². The van der Waals surface area contributed by atoms with E-state index in [1.54, 1.807) is 29.3 Å². The number of nitrogens with zero attached hydrogens (tertiary/aromatic N) is 3. The molecule has 2 aromatic rings. The van der Waals surface area contributed by atoms with E-state index in [1.165, 1.54) is 4.90 Å². The number of halogens is 2. The van der Waals surface area contributed by atoms with Crippen LogP contribution in [0.15, 0.2) is 42.6 Å². The van der Waals surface area contributed by atoms with E-state index in [4.69, 9.17) is 0 Å². The number of rotatable bonds is 2. The molecule has 1 aliphatic heterocycles. The molecule has 0 aliphatic carbocycles. The van der Waals surface area contributed by atoms with Crippen LogP contribution >= 0.6 is 0 Å². The van der Waals surface area contributed by atoms with Crippen molar-refractivity contribution in [3.8, 4) is 0 Å². The Morgan fingerprint density at radius 3 is 2.17 bits per heavy atom. The lowest BCUT2D eigenvalue weighted by Crippen LogP contribution is -2.50. The third-order valence-electron chi connectivity index (χ3n) is 3.90. The lowest BCUT2D eigenvalue weighted by molar-refractivity contribution is 0.0529. The van der Waals surface area contributed by atoms with Gasteiger partial charge in [0, 0.05) is 38.4 Å². The van der Waals surface area contributed by atoms with Crippen LogP contribution in [0.25, 0.3) is 0 Å². The molecule has 1 aromatic heterocycles. The molecule has 0 N–H and O–H groups in total. The molecule has 3 rings (SSSR count). The number of hydrogen-bond donors (Lipinski definition) is 0. The first-order chi connectivity index (χ1) is 11.6. The molecule has 0 saturated carbocycles. The van der Waals surface area contributed by atoms with Gasteiger partial charge in [-0.05, 0) is 24.3 Å². The number of carbonyl (C=O) groups is 2. The van der Waals surface area contributed by atoms with Crippen LogP contribution in [0.4, 0.5) is 8.78 Å². The van der Waals surface area contributed by atoms with Gasteiger partial charge in [-0.3, -0.25) is 14.6 Å². The van der Waals surface area contributed by atoms with Crippen LogP contribution in [0.2, 0.25) is 0 Å². The average molecular weight is 331 g/mol. The average Bonchev–Trinajstić information content (AvgIpc) is 2.61. The van der Waals surface area contributed by atoms with Crippen molar-refractivity contribution in [2.75, 3.05) is 26.2 Å². The quantitative estimate of drug-likeness (QED) is 0.845. The fourth-order valence-corrected chi connectivity index (χ4v) is 2.60. The maximum Gasteiger partial charge on any atom is 0.272 e. The summed E-state index contributed by atoms with van der Waals surface area (Å²) < 4.78 is 26.7. The van der Waals surface area contributed by atoms with Gasteiger partial charge < -0.3 is 9.80 Å². The number of amides is 2. The van der Waals surface area contributed by atoms with Crippen LogP contribution in [0.3, 0.4) is 0 Å². The zero-order valence-corrected chi connectivity index (χ0v) is 12.8. The van der Waals surface area contributed by atoms with Crippen molar-refractivity contribution in [3.05, 3.63) is 65.5 Å². The summed E-state index contributed by atoms with van der Waals surface area (Å²) in [5.41, 5.74) is 0.183. The Hall–Kier alpha value is -2.83. The number of pyridine rings is 1. The molecule has 0 atom stereocenters. The van der Waals surface area contributed by atoms with Crippen molar-refractivity contribution in [2.45, 2.75) is 0 Å². The molecular formula is C17H15F2N3O2. The van der Waals surface area contributed by atoms with E-state index < -0.39 is 17.5 Å². The summed E-state index contributed by atoms with van der Waals surface area (Å²) >= 11 is 0. The Labute approximate surface area is 137 Å². The molecule has 0 bridgehead atoms. The van der Waals surface area contributed by atoms with Crippen LogP contribution in [0, 0.1) is 11.6 Å². The number of aromatic nitrogens is 1. The van der Waals surface area contributed by atoms with Crippen molar-refractivity contribution in [3.63, 3.8) is 0 Å². The standard InChI is InChI=1S/C17H15F2N3O2/c18-12-4-5-13(14(19)11-12)16(23)21-7-9-22(10-8-21)17(24)15-3-1-2-6-20-15/h1-6,11H,7-10H2. The van der Waals surface area contributed by atoms with E-state index in [-0.39, 0.29) is 24.6 Å². The second kappa shape index (κ2) is 6.74. The summed E-state index contributed by atoms with van der Waals surface area (Å²) in [4.78, 5) is 31.7. The molecule has 24 heavy (non-hydrogen) atoms. The Kier molecular flexibility index (Phi) is 4.50.